The second-order valence-electron chi connectivity index (χ2n) is 7.40. The lowest BCUT2D eigenvalue weighted by Gasteiger charge is -2.12. The van der Waals surface area contributed by atoms with Crippen LogP contribution in [0.15, 0.2) is 72.1 Å². The highest BCUT2D eigenvalue weighted by Crippen LogP contribution is 2.39. The number of nitrogen functional groups attached to an aromatic ring is 1. The van der Waals surface area contributed by atoms with Gasteiger partial charge in [-0.25, -0.2) is 9.97 Å². The summed E-state index contributed by atoms with van der Waals surface area (Å²) >= 11 is 3.11. The first-order valence-corrected chi connectivity index (χ1v) is 11.5. The highest BCUT2D eigenvalue weighted by atomic mass is 32.1. The predicted molar refractivity (Wildman–Crippen MR) is 135 cm³/mol. The third kappa shape index (κ3) is 3.97. The Hall–Kier alpha value is -3.42. The number of nitrogens with one attached hydrogen (secondary N) is 1. The van der Waals surface area contributed by atoms with Crippen molar-refractivity contribution in [1.29, 1.82) is 0 Å². The van der Waals surface area contributed by atoms with Gasteiger partial charge in [-0.05, 0) is 41.1 Å². The quantitative estimate of drug-likeness (QED) is 0.325. The molecule has 0 fully saturated rings. The van der Waals surface area contributed by atoms with Crippen LogP contribution in [0.3, 0.4) is 0 Å². The Morgan fingerprint density at radius 1 is 0.903 bits per heavy atom. The fourth-order valence-electron chi connectivity index (χ4n) is 3.36. The molecule has 154 valence electrons. The van der Waals surface area contributed by atoms with Crippen molar-refractivity contribution < 1.29 is 0 Å². The van der Waals surface area contributed by atoms with Gasteiger partial charge in [-0.2, -0.15) is 0 Å². The lowest BCUT2D eigenvalue weighted by Crippen LogP contribution is -2.08. The fourth-order valence-corrected chi connectivity index (χ4v) is 5.20. The van der Waals surface area contributed by atoms with Gasteiger partial charge < -0.3 is 16.0 Å². The van der Waals surface area contributed by atoms with Gasteiger partial charge in [0.2, 0.25) is 0 Å². The molecule has 0 amide bonds. The van der Waals surface area contributed by atoms with Crippen LogP contribution in [-0.4, -0.2) is 24.1 Å². The standard InChI is InChI=1S/C24H21N5S2/c1-29(2)19-11-9-18(10-12-19)26-24-28-22(25)21(31-24)23-27-20(14-30-23)17-8-7-15-5-3-4-6-16(15)13-17/h3-14H,25H2,1-2H3,(H,26,28). The van der Waals surface area contributed by atoms with Crippen LogP contribution in [0.25, 0.3) is 31.9 Å². The molecule has 0 bridgehead atoms. The number of rotatable bonds is 5. The molecule has 0 saturated carbocycles. The van der Waals surface area contributed by atoms with Crippen molar-refractivity contribution >= 4 is 55.8 Å². The topological polar surface area (TPSA) is 67.1 Å². The van der Waals surface area contributed by atoms with E-state index in [1.807, 2.05) is 26.2 Å². The van der Waals surface area contributed by atoms with Crippen LogP contribution in [0.4, 0.5) is 22.3 Å². The van der Waals surface area contributed by atoms with Crippen LogP contribution in [0.2, 0.25) is 0 Å². The van der Waals surface area contributed by atoms with E-state index in [4.69, 9.17) is 10.7 Å². The number of nitrogens with zero attached hydrogens (tertiary/aromatic N) is 3. The zero-order valence-corrected chi connectivity index (χ0v) is 18.8. The second kappa shape index (κ2) is 8.02. The lowest BCUT2D eigenvalue weighted by atomic mass is 10.1. The molecular formula is C24H21N5S2. The summed E-state index contributed by atoms with van der Waals surface area (Å²) in [5, 5.41) is 9.49. The summed E-state index contributed by atoms with van der Waals surface area (Å²) in [6.45, 7) is 0. The van der Waals surface area contributed by atoms with Gasteiger partial charge in [0, 0.05) is 36.4 Å². The van der Waals surface area contributed by atoms with E-state index < -0.39 is 0 Å². The highest BCUT2D eigenvalue weighted by molar-refractivity contribution is 7.23. The molecule has 3 N–H and O–H groups in total. The van der Waals surface area contributed by atoms with Gasteiger partial charge in [0.05, 0.1) is 5.69 Å². The molecule has 0 aliphatic carbocycles. The molecule has 0 unspecified atom stereocenters. The number of thiazole rings is 2. The van der Waals surface area contributed by atoms with Crippen molar-refractivity contribution in [3.05, 3.63) is 72.1 Å². The number of nitrogens with two attached hydrogens (primary N) is 1. The van der Waals surface area contributed by atoms with E-state index in [2.05, 4.69) is 75.2 Å². The summed E-state index contributed by atoms with van der Waals surface area (Å²) in [6.07, 6.45) is 0. The summed E-state index contributed by atoms with van der Waals surface area (Å²) in [4.78, 5) is 12.3. The number of benzene rings is 3. The monoisotopic (exact) mass is 443 g/mol. The van der Waals surface area contributed by atoms with Crippen LogP contribution in [0.5, 0.6) is 0 Å². The first kappa shape index (κ1) is 19.5. The van der Waals surface area contributed by atoms with Crippen LogP contribution in [0, 0.1) is 0 Å². The van der Waals surface area contributed by atoms with E-state index in [0.717, 1.165) is 37.6 Å². The van der Waals surface area contributed by atoms with Gasteiger partial charge >= 0.3 is 0 Å². The Kier molecular flexibility index (Phi) is 5.05. The SMILES string of the molecule is CN(C)c1ccc(Nc2nc(N)c(-c3nc(-c4ccc5ccccc5c4)cs3)s2)cc1. The molecule has 5 aromatic rings. The van der Waals surface area contributed by atoms with Gasteiger partial charge in [-0.1, -0.05) is 47.7 Å². The average Bonchev–Trinajstić information content (AvgIpc) is 3.40. The maximum Gasteiger partial charge on any atom is 0.189 e. The van der Waals surface area contributed by atoms with E-state index in [1.54, 1.807) is 11.3 Å². The number of fused-ring (bicyclic) bond motifs is 1. The van der Waals surface area contributed by atoms with E-state index in [9.17, 15) is 0 Å². The van der Waals surface area contributed by atoms with Crippen molar-refractivity contribution in [2.75, 3.05) is 30.0 Å². The first-order valence-electron chi connectivity index (χ1n) is 9.82. The van der Waals surface area contributed by atoms with E-state index in [1.165, 1.54) is 22.1 Å². The highest BCUT2D eigenvalue weighted by Gasteiger charge is 2.15. The van der Waals surface area contributed by atoms with Crippen molar-refractivity contribution in [3.8, 4) is 21.1 Å². The van der Waals surface area contributed by atoms with E-state index in [-0.39, 0.29) is 0 Å². The van der Waals surface area contributed by atoms with Crippen LogP contribution in [0.1, 0.15) is 0 Å². The maximum atomic E-state index is 6.23. The Bertz CT molecular complexity index is 1350. The number of hydrogen-bond donors (Lipinski definition) is 2. The third-order valence-corrected chi connectivity index (χ3v) is 7.01. The molecule has 0 aliphatic rings. The van der Waals surface area contributed by atoms with Gasteiger partial charge in [0.1, 0.15) is 15.7 Å². The van der Waals surface area contributed by atoms with Crippen LogP contribution < -0.4 is 16.0 Å². The predicted octanol–water partition coefficient (Wildman–Crippen LogP) is 6.48. The molecular weight excluding hydrogens is 422 g/mol. The Balaban J connectivity index is 1.39. The van der Waals surface area contributed by atoms with Crippen molar-refractivity contribution in [3.63, 3.8) is 0 Å². The first-order chi connectivity index (χ1) is 15.1. The fraction of sp³-hybridized carbons (Fsp3) is 0.0833. The molecule has 0 spiro atoms. The molecule has 0 atom stereocenters. The zero-order chi connectivity index (χ0) is 21.4. The van der Waals surface area contributed by atoms with Gasteiger partial charge in [0.15, 0.2) is 5.13 Å². The molecule has 31 heavy (non-hydrogen) atoms. The Morgan fingerprint density at radius 2 is 1.68 bits per heavy atom. The number of aromatic nitrogens is 2. The minimum atomic E-state index is 0.497. The largest absolute Gasteiger partial charge is 0.382 e. The van der Waals surface area contributed by atoms with Gasteiger partial charge in [-0.15, -0.1) is 11.3 Å². The summed E-state index contributed by atoms with van der Waals surface area (Å²) in [5.74, 6) is 0.497. The molecule has 0 radical (unpaired) electrons. The van der Waals surface area contributed by atoms with Crippen molar-refractivity contribution in [1.82, 2.24) is 9.97 Å². The number of hydrogen-bond acceptors (Lipinski definition) is 7. The second-order valence-corrected chi connectivity index (χ2v) is 9.26. The lowest BCUT2D eigenvalue weighted by molar-refractivity contribution is 1.13. The summed E-state index contributed by atoms with van der Waals surface area (Å²) < 4.78 is 0. The Labute approximate surface area is 188 Å². The molecule has 0 aliphatic heterocycles. The van der Waals surface area contributed by atoms with Crippen LogP contribution in [-0.2, 0) is 0 Å². The molecule has 3 aromatic carbocycles. The minimum absolute atomic E-state index is 0.497. The van der Waals surface area contributed by atoms with Gasteiger partial charge in [0.25, 0.3) is 0 Å². The normalized spacial score (nSPS) is 11.0. The molecule has 5 nitrogen and oxygen atoms in total. The summed E-state index contributed by atoms with van der Waals surface area (Å²) in [6, 6.07) is 23.0. The van der Waals surface area contributed by atoms with Crippen molar-refractivity contribution in [2.45, 2.75) is 0 Å². The average molecular weight is 444 g/mol. The summed E-state index contributed by atoms with van der Waals surface area (Å²) in [5.41, 5.74) is 10.4. The van der Waals surface area contributed by atoms with Crippen molar-refractivity contribution in [2.24, 2.45) is 0 Å². The smallest absolute Gasteiger partial charge is 0.189 e. The molecule has 5 rings (SSSR count). The molecule has 2 heterocycles. The third-order valence-electron chi connectivity index (χ3n) is 5.03. The Morgan fingerprint density at radius 3 is 2.45 bits per heavy atom. The molecule has 2 aromatic heterocycles. The van der Waals surface area contributed by atoms with E-state index >= 15 is 0 Å². The molecule has 7 heteroatoms. The number of anilines is 4. The zero-order valence-electron chi connectivity index (χ0n) is 17.2. The molecule has 0 saturated heterocycles. The van der Waals surface area contributed by atoms with Crippen LogP contribution >= 0.6 is 22.7 Å². The maximum absolute atomic E-state index is 6.23. The van der Waals surface area contributed by atoms with E-state index in [0.29, 0.717) is 5.82 Å². The summed E-state index contributed by atoms with van der Waals surface area (Å²) in [7, 11) is 4.05. The minimum Gasteiger partial charge on any atom is -0.382 e. The van der Waals surface area contributed by atoms with Gasteiger partial charge in [-0.3, -0.25) is 0 Å².